The van der Waals surface area contributed by atoms with Crippen molar-refractivity contribution >= 4 is 17.7 Å². The van der Waals surface area contributed by atoms with Gasteiger partial charge in [0.2, 0.25) is 11.8 Å². The van der Waals surface area contributed by atoms with Crippen molar-refractivity contribution in [2.24, 2.45) is 5.92 Å². The van der Waals surface area contributed by atoms with Crippen molar-refractivity contribution < 1.29 is 4.74 Å². The van der Waals surface area contributed by atoms with Crippen LogP contribution in [0.2, 0.25) is 0 Å². The highest BCUT2D eigenvalue weighted by Crippen LogP contribution is 2.22. The predicted molar refractivity (Wildman–Crippen MR) is 58.6 cm³/mol. The molecule has 0 radical (unpaired) electrons. The summed E-state index contributed by atoms with van der Waals surface area (Å²) in [6, 6.07) is 1.80. The van der Waals surface area contributed by atoms with Crippen LogP contribution in [0.25, 0.3) is 0 Å². The van der Waals surface area contributed by atoms with Crippen LogP contribution in [0.5, 0.6) is 5.88 Å². The lowest BCUT2D eigenvalue weighted by Crippen LogP contribution is -1.99. The second-order valence-corrected chi connectivity index (χ2v) is 4.35. The van der Waals surface area contributed by atoms with Crippen molar-refractivity contribution in [3.8, 4) is 5.88 Å². The van der Waals surface area contributed by atoms with Gasteiger partial charge in [-0.3, -0.25) is 0 Å². The van der Waals surface area contributed by atoms with Gasteiger partial charge in [-0.1, -0.05) is 13.8 Å². The first-order valence-corrected chi connectivity index (χ1v) is 5.41. The Bertz CT molecular complexity index is 304. The largest absolute Gasteiger partial charge is 0.481 e. The predicted octanol–water partition coefficient (Wildman–Crippen LogP) is 1.82. The van der Waals surface area contributed by atoms with Crippen molar-refractivity contribution in [2.45, 2.75) is 18.9 Å². The van der Waals surface area contributed by atoms with Gasteiger partial charge in [-0.05, 0) is 5.92 Å². The summed E-state index contributed by atoms with van der Waals surface area (Å²) in [5.74, 6) is 2.42. The van der Waals surface area contributed by atoms with Gasteiger partial charge in [0, 0.05) is 11.8 Å². The van der Waals surface area contributed by atoms with E-state index in [0.29, 0.717) is 11.8 Å². The van der Waals surface area contributed by atoms with Gasteiger partial charge in [0.25, 0.3) is 0 Å². The van der Waals surface area contributed by atoms with Crippen LogP contribution in [0.3, 0.4) is 0 Å². The lowest BCUT2D eigenvalue weighted by molar-refractivity contribution is 0.396. The number of thioether (sulfide) groups is 1. The first-order chi connectivity index (χ1) is 6.61. The fraction of sp³-hybridized carbons (Fsp3) is 0.556. The smallest absolute Gasteiger partial charge is 0.224 e. The van der Waals surface area contributed by atoms with Crippen LogP contribution in [0.1, 0.15) is 13.8 Å². The summed E-state index contributed by atoms with van der Waals surface area (Å²) >= 11 is 1.66. The van der Waals surface area contributed by atoms with E-state index in [-0.39, 0.29) is 5.95 Å². The number of ether oxygens (including phenoxy) is 1. The molecule has 14 heavy (non-hydrogen) atoms. The Morgan fingerprint density at radius 2 is 2.21 bits per heavy atom. The Kier molecular flexibility index (Phi) is 4.00. The van der Waals surface area contributed by atoms with E-state index in [0.717, 1.165) is 10.8 Å². The summed E-state index contributed by atoms with van der Waals surface area (Å²) < 4.78 is 5.00. The minimum atomic E-state index is 0.260. The van der Waals surface area contributed by atoms with Crippen molar-refractivity contribution in [3.05, 3.63) is 6.07 Å². The average Bonchev–Trinajstić information content (AvgIpc) is 2.14. The van der Waals surface area contributed by atoms with Gasteiger partial charge in [0.15, 0.2) is 0 Å². The fourth-order valence-corrected chi connectivity index (χ4v) is 1.70. The molecule has 0 bridgehead atoms. The van der Waals surface area contributed by atoms with E-state index in [4.69, 9.17) is 10.5 Å². The first-order valence-electron chi connectivity index (χ1n) is 4.43. The lowest BCUT2D eigenvalue weighted by atomic mass is 10.3. The summed E-state index contributed by atoms with van der Waals surface area (Å²) in [6.07, 6.45) is 0. The number of anilines is 1. The van der Waals surface area contributed by atoms with Gasteiger partial charge in [0.1, 0.15) is 5.03 Å². The van der Waals surface area contributed by atoms with Crippen molar-refractivity contribution in [1.82, 2.24) is 9.97 Å². The van der Waals surface area contributed by atoms with Crippen molar-refractivity contribution in [1.29, 1.82) is 0 Å². The molecule has 0 aromatic carbocycles. The van der Waals surface area contributed by atoms with Crippen molar-refractivity contribution in [3.63, 3.8) is 0 Å². The Morgan fingerprint density at radius 3 is 2.79 bits per heavy atom. The molecule has 0 aliphatic rings. The Balaban J connectivity index is 2.71. The lowest BCUT2D eigenvalue weighted by Gasteiger charge is -2.05. The molecule has 0 spiro atoms. The zero-order chi connectivity index (χ0) is 10.6. The zero-order valence-corrected chi connectivity index (χ0v) is 9.47. The van der Waals surface area contributed by atoms with Crippen molar-refractivity contribution in [2.75, 3.05) is 18.6 Å². The number of hydrogen-bond donors (Lipinski definition) is 1. The molecule has 78 valence electrons. The highest BCUT2D eigenvalue weighted by molar-refractivity contribution is 7.99. The van der Waals surface area contributed by atoms with Crippen LogP contribution < -0.4 is 10.5 Å². The summed E-state index contributed by atoms with van der Waals surface area (Å²) in [5, 5.41) is 0.864. The molecule has 4 nitrogen and oxygen atoms in total. The Hall–Kier alpha value is -0.970. The zero-order valence-electron chi connectivity index (χ0n) is 8.65. The van der Waals surface area contributed by atoms with E-state index in [2.05, 4.69) is 23.8 Å². The minimum absolute atomic E-state index is 0.260. The Morgan fingerprint density at radius 1 is 1.50 bits per heavy atom. The normalized spacial score (nSPS) is 10.6. The SMILES string of the molecule is COc1cc(SCC(C)C)nc(N)n1. The molecule has 0 atom stereocenters. The number of nitrogens with zero attached hydrogens (tertiary/aromatic N) is 2. The molecule has 0 amide bonds. The van der Waals surface area contributed by atoms with Crippen LogP contribution in [-0.2, 0) is 0 Å². The van der Waals surface area contributed by atoms with E-state index >= 15 is 0 Å². The Labute approximate surface area is 88.3 Å². The van der Waals surface area contributed by atoms with E-state index in [9.17, 15) is 0 Å². The van der Waals surface area contributed by atoms with Gasteiger partial charge in [-0.2, -0.15) is 4.98 Å². The fourth-order valence-electron chi connectivity index (χ4n) is 0.852. The first kappa shape index (κ1) is 11.1. The number of nitrogens with two attached hydrogens (primary N) is 1. The molecule has 5 heteroatoms. The van der Waals surface area contributed by atoms with Gasteiger partial charge in [-0.15, -0.1) is 11.8 Å². The number of aromatic nitrogens is 2. The van der Waals surface area contributed by atoms with Gasteiger partial charge >= 0.3 is 0 Å². The van der Waals surface area contributed by atoms with Crippen LogP contribution in [-0.4, -0.2) is 22.8 Å². The maximum Gasteiger partial charge on any atom is 0.224 e. The summed E-state index contributed by atoms with van der Waals surface area (Å²) in [7, 11) is 1.57. The third-order valence-electron chi connectivity index (χ3n) is 1.47. The molecule has 0 saturated heterocycles. The monoisotopic (exact) mass is 213 g/mol. The molecule has 0 aliphatic heterocycles. The van der Waals surface area contributed by atoms with Crippen LogP contribution in [0, 0.1) is 5.92 Å². The van der Waals surface area contributed by atoms with E-state index in [1.165, 1.54) is 0 Å². The molecule has 0 unspecified atom stereocenters. The van der Waals surface area contributed by atoms with E-state index in [1.807, 2.05) is 0 Å². The van der Waals surface area contributed by atoms with Crippen LogP contribution >= 0.6 is 11.8 Å². The highest BCUT2D eigenvalue weighted by atomic mass is 32.2. The molecule has 0 saturated carbocycles. The van der Waals surface area contributed by atoms with Gasteiger partial charge in [-0.25, -0.2) is 4.98 Å². The van der Waals surface area contributed by atoms with E-state index in [1.54, 1.807) is 24.9 Å². The van der Waals surface area contributed by atoms with E-state index < -0.39 is 0 Å². The molecular formula is C9H15N3OS. The van der Waals surface area contributed by atoms with Gasteiger partial charge < -0.3 is 10.5 Å². The average molecular weight is 213 g/mol. The number of nitrogen functional groups attached to an aromatic ring is 1. The molecule has 1 aromatic heterocycles. The number of hydrogen-bond acceptors (Lipinski definition) is 5. The number of methoxy groups -OCH3 is 1. The maximum atomic E-state index is 5.53. The van der Waals surface area contributed by atoms with Gasteiger partial charge in [0.05, 0.1) is 7.11 Å². The topological polar surface area (TPSA) is 61.0 Å². The summed E-state index contributed by atoms with van der Waals surface area (Å²) in [5.41, 5.74) is 5.53. The molecular weight excluding hydrogens is 198 g/mol. The standard InChI is InChI=1S/C9H15N3OS/c1-6(2)5-14-8-4-7(13-3)11-9(10)12-8/h4,6H,5H2,1-3H3,(H2,10,11,12). The third kappa shape index (κ3) is 3.41. The summed E-state index contributed by atoms with van der Waals surface area (Å²) in [4.78, 5) is 8.01. The van der Waals surface area contributed by atoms with Crippen LogP contribution in [0.4, 0.5) is 5.95 Å². The highest BCUT2D eigenvalue weighted by Gasteiger charge is 2.03. The third-order valence-corrected chi connectivity index (χ3v) is 2.81. The molecule has 2 N–H and O–H groups in total. The molecule has 1 rings (SSSR count). The molecule has 0 fully saturated rings. The number of rotatable bonds is 4. The molecule has 0 aliphatic carbocycles. The molecule has 1 heterocycles. The second kappa shape index (κ2) is 5.05. The maximum absolute atomic E-state index is 5.53. The minimum Gasteiger partial charge on any atom is -0.481 e. The summed E-state index contributed by atoms with van der Waals surface area (Å²) in [6.45, 7) is 4.32. The van der Waals surface area contributed by atoms with Crippen LogP contribution in [0.15, 0.2) is 11.1 Å². The molecule has 1 aromatic rings. The second-order valence-electron chi connectivity index (χ2n) is 3.31. The quantitative estimate of drug-likeness (QED) is 0.610.